The number of H-pyrrole nitrogens is 1. The van der Waals surface area contributed by atoms with Crippen molar-refractivity contribution >= 4 is 11.8 Å². The van der Waals surface area contributed by atoms with E-state index in [2.05, 4.69) is 15.2 Å². The third-order valence-corrected chi connectivity index (χ3v) is 5.15. The normalized spacial score (nSPS) is 23.0. The molecule has 2 saturated heterocycles. The van der Waals surface area contributed by atoms with E-state index in [9.17, 15) is 9.59 Å². The molecule has 0 aromatic carbocycles. The molecular formula is C18H21N5O2. The SMILES string of the molecule is Cc1cc(C(=O)N2C[C@H]3CCN(Cc4cccnc4)C(=O)[C@@H]3C2)n[nH]1. The summed E-state index contributed by atoms with van der Waals surface area (Å²) in [5.41, 5.74) is 2.32. The number of aromatic nitrogens is 3. The number of hydrogen-bond donors (Lipinski definition) is 1. The van der Waals surface area contributed by atoms with Crippen LogP contribution in [0.25, 0.3) is 0 Å². The quantitative estimate of drug-likeness (QED) is 0.912. The number of carbonyl (C=O) groups is 2. The van der Waals surface area contributed by atoms with Gasteiger partial charge in [0.05, 0.1) is 5.92 Å². The standard InChI is InChI=1S/C18H21N5O2/c1-12-7-16(21-20-12)18(25)23-10-14-4-6-22(17(24)15(14)11-23)9-13-3-2-5-19-8-13/h2-3,5,7-8,14-15H,4,6,9-11H2,1H3,(H,20,21)/t14-,15-/m1/s1. The van der Waals surface area contributed by atoms with Gasteiger partial charge < -0.3 is 9.80 Å². The minimum atomic E-state index is -0.102. The van der Waals surface area contributed by atoms with E-state index in [4.69, 9.17) is 0 Å². The van der Waals surface area contributed by atoms with Gasteiger partial charge in [-0.25, -0.2) is 0 Å². The number of aryl methyl sites for hydroxylation is 1. The summed E-state index contributed by atoms with van der Waals surface area (Å²) >= 11 is 0. The van der Waals surface area contributed by atoms with Gasteiger partial charge in [0.15, 0.2) is 0 Å². The molecule has 4 rings (SSSR count). The molecule has 2 atom stereocenters. The first kappa shape index (κ1) is 15.8. The van der Waals surface area contributed by atoms with E-state index in [0.29, 0.717) is 25.3 Å². The largest absolute Gasteiger partial charge is 0.338 e. The minimum Gasteiger partial charge on any atom is -0.338 e. The Morgan fingerprint density at radius 1 is 1.40 bits per heavy atom. The molecule has 130 valence electrons. The van der Waals surface area contributed by atoms with Crippen LogP contribution in [0, 0.1) is 18.8 Å². The van der Waals surface area contributed by atoms with E-state index in [1.54, 1.807) is 23.4 Å². The summed E-state index contributed by atoms with van der Waals surface area (Å²) in [7, 11) is 0. The van der Waals surface area contributed by atoms with E-state index < -0.39 is 0 Å². The first-order valence-electron chi connectivity index (χ1n) is 8.61. The maximum atomic E-state index is 12.9. The van der Waals surface area contributed by atoms with Crippen LogP contribution < -0.4 is 0 Å². The Kier molecular flexibility index (Phi) is 3.99. The number of pyridine rings is 1. The van der Waals surface area contributed by atoms with Crippen molar-refractivity contribution < 1.29 is 9.59 Å². The summed E-state index contributed by atoms with van der Waals surface area (Å²) in [5, 5.41) is 6.85. The lowest BCUT2D eigenvalue weighted by Crippen LogP contribution is -2.44. The average Bonchev–Trinajstić information content (AvgIpc) is 3.24. The van der Waals surface area contributed by atoms with E-state index in [1.807, 2.05) is 24.0 Å². The molecule has 2 amide bonds. The van der Waals surface area contributed by atoms with Crippen LogP contribution in [-0.4, -0.2) is 56.4 Å². The van der Waals surface area contributed by atoms with Crippen molar-refractivity contribution in [3.63, 3.8) is 0 Å². The van der Waals surface area contributed by atoms with Crippen molar-refractivity contribution in [1.82, 2.24) is 25.0 Å². The molecule has 7 nitrogen and oxygen atoms in total. The number of amides is 2. The summed E-state index contributed by atoms with van der Waals surface area (Å²) in [4.78, 5) is 33.2. The van der Waals surface area contributed by atoms with E-state index in [0.717, 1.165) is 24.2 Å². The van der Waals surface area contributed by atoms with Gasteiger partial charge in [0.2, 0.25) is 5.91 Å². The van der Waals surface area contributed by atoms with Gasteiger partial charge in [-0.2, -0.15) is 5.10 Å². The number of carbonyl (C=O) groups excluding carboxylic acids is 2. The van der Waals surface area contributed by atoms with Crippen molar-refractivity contribution in [3.05, 3.63) is 47.5 Å². The van der Waals surface area contributed by atoms with Gasteiger partial charge in [-0.1, -0.05) is 6.07 Å². The molecule has 2 aliphatic rings. The second kappa shape index (κ2) is 6.31. The smallest absolute Gasteiger partial charge is 0.274 e. The average molecular weight is 339 g/mol. The Balaban J connectivity index is 1.44. The van der Waals surface area contributed by atoms with Crippen molar-refractivity contribution in [2.24, 2.45) is 11.8 Å². The van der Waals surface area contributed by atoms with Crippen LogP contribution in [-0.2, 0) is 11.3 Å². The first-order chi connectivity index (χ1) is 12.1. The second-order valence-corrected chi connectivity index (χ2v) is 6.92. The number of nitrogens with one attached hydrogen (secondary N) is 1. The highest BCUT2D eigenvalue weighted by molar-refractivity contribution is 5.93. The van der Waals surface area contributed by atoms with E-state index in [1.165, 1.54) is 0 Å². The fourth-order valence-corrected chi connectivity index (χ4v) is 3.83. The van der Waals surface area contributed by atoms with Crippen molar-refractivity contribution in [2.75, 3.05) is 19.6 Å². The molecule has 0 unspecified atom stereocenters. The molecule has 0 bridgehead atoms. The number of hydrogen-bond acceptors (Lipinski definition) is 4. The third-order valence-electron chi connectivity index (χ3n) is 5.15. The Labute approximate surface area is 146 Å². The molecule has 0 aliphatic carbocycles. The monoisotopic (exact) mass is 339 g/mol. The lowest BCUT2D eigenvalue weighted by atomic mass is 9.88. The number of likely N-dealkylation sites (tertiary alicyclic amines) is 2. The van der Waals surface area contributed by atoms with Gasteiger partial charge in [0.25, 0.3) is 5.91 Å². The van der Waals surface area contributed by atoms with Crippen molar-refractivity contribution in [3.8, 4) is 0 Å². The fourth-order valence-electron chi connectivity index (χ4n) is 3.83. The van der Waals surface area contributed by atoms with E-state index in [-0.39, 0.29) is 23.7 Å². The van der Waals surface area contributed by atoms with Gasteiger partial charge in [0.1, 0.15) is 5.69 Å². The highest BCUT2D eigenvalue weighted by Crippen LogP contribution is 2.33. The van der Waals surface area contributed by atoms with Gasteiger partial charge in [-0.15, -0.1) is 0 Å². The molecule has 2 aliphatic heterocycles. The van der Waals surface area contributed by atoms with Crippen LogP contribution in [0.3, 0.4) is 0 Å². The molecule has 0 saturated carbocycles. The van der Waals surface area contributed by atoms with Crippen molar-refractivity contribution in [1.29, 1.82) is 0 Å². The second-order valence-electron chi connectivity index (χ2n) is 6.92. The number of nitrogens with zero attached hydrogens (tertiary/aromatic N) is 4. The lowest BCUT2D eigenvalue weighted by Gasteiger charge is -2.33. The predicted molar refractivity (Wildman–Crippen MR) is 90.5 cm³/mol. The summed E-state index contributed by atoms with van der Waals surface area (Å²) in [6.45, 7) is 4.31. The van der Waals surface area contributed by atoms with Gasteiger partial charge >= 0.3 is 0 Å². The first-order valence-corrected chi connectivity index (χ1v) is 8.61. The number of piperidine rings is 1. The highest BCUT2D eigenvalue weighted by Gasteiger charge is 2.44. The molecule has 0 radical (unpaired) electrons. The number of rotatable bonds is 3. The molecule has 2 aromatic heterocycles. The number of aromatic amines is 1. The Morgan fingerprint density at radius 3 is 3.00 bits per heavy atom. The molecule has 0 spiro atoms. The lowest BCUT2D eigenvalue weighted by molar-refractivity contribution is -0.140. The maximum absolute atomic E-state index is 12.9. The predicted octanol–water partition coefficient (Wildman–Crippen LogP) is 1.23. The van der Waals surface area contributed by atoms with Crippen LogP contribution in [0.2, 0.25) is 0 Å². The van der Waals surface area contributed by atoms with Crippen LogP contribution in [0.1, 0.15) is 28.2 Å². The molecular weight excluding hydrogens is 318 g/mol. The van der Waals surface area contributed by atoms with Gasteiger partial charge in [-0.3, -0.25) is 19.7 Å². The maximum Gasteiger partial charge on any atom is 0.274 e. The van der Waals surface area contributed by atoms with Crippen molar-refractivity contribution in [2.45, 2.75) is 19.9 Å². The fraction of sp³-hybridized carbons (Fsp3) is 0.444. The van der Waals surface area contributed by atoms with Gasteiger partial charge in [-0.05, 0) is 37.0 Å². The molecule has 2 fully saturated rings. The van der Waals surface area contributed by atoms with Crippen LogP contribution in [0.5, 0.6) is 0 Å². The van der Waals surface area contributed by atoms with Crippen LogP contribution in [0.4, 0.5) is 0 Å². The molecule has 1 N–H and O–H groups in total. The zero-order chi connectivity index (χ0) is 17.4. The topological polar surface area (TPSA) is 82.2 Å². The summed E-state index contributed by atoms with van der Waals surface area (Å²) in [5.74, 6) is 0.204. The molecule has 4 heterocycles. The van der Waals surface area contributed by atoms with Gasteiger partial charge in [0, 0.05) is 44.3 Å². The Morgan fingerprint density at radius 2 is 2.28 bits per heavy atom. The zero-order valence-electron chi connectivity index (χ0n) is 14.2. The minimum absolute atomic E-state index is 0.0923. The number of fused-ring (bicyclic) bond motifs is 1. The highest BCUT2D eigenvalue weighted by atomic mass is 16.2. The zero-order valence-corrected chi connectivity index (χ0v) is 14.2. The summed E-state index contributed by atoms with van der Waals surface area (Å²) in [6, 6.07) is 5.62. The molecule has 7 heteroatoms. The summed E-state index contributed by atoms with van der Waals surface area (Å²) in [6.07, 6.45) is 4.46. The molecule has 2 aromatic rings. The Hall–Kier alpha value is -2.70. The van der Waals surface area contributed by atoms with Crippen LogP contribution >= 0.6 is 0 Å². The molecule has 25 heavy (non-hydrogen) atoms. The van der Waals surface area contributed by atoms with E-state index >= 15 is 0 Å². The summed E-state index contributed by atoms with van der Waals surface area (Å²) < 4.78 is 0. The van der Waals surface area contributed by atoms with Crippen LogP contribution in [0.15, 0.2) is 30.6 Å². The Bertz CT molecular complexity index is 788. The third kappa shape index (κ3) is 3.01.